The van der Waals surface area contributed by atoms with Gasteiger partial charge in [0.25, 0.3) is 0 Å². The Morgan fingerprint density at radius 1 is 1.43 bits per heavy atom. The van der Waals surface area contributed by atoms with E-state index in [0.29, 0.717) is 4.43 Å². The third-order valence-electron chi connectivity index (χ3n) is 0.285. The van der Waals surface area contributed by atoms with Crippen LogP contribution in [0.25, 0.3) is 0 Å². The molecule has 0 aromatic heterocycles. The number of rotatable bonds is 1. The Balaban J connectivity index is 3.15. The summed E-state index contributed by atoms with van der Waals surface area (Å²) < 4.78 is 29.8. The quantitative estimate of drug-likeness (QED) is 0.381. The molecule has 0 saturated heterocycles. The van der Waals surface area contributed by atoms with Gasteiger partial charge in [-0.15, -0.1) is 0 Å². The molecule has 0 bridgehead atoms. The van der Waals surface area contributed by atoms with Crippen molar-refractivity contribution in [1.82, 2.24) is 0 Å². The van der Waals surface area contributed by atoms with Crippen LogP contribution in [0.15, 0.2) is 0 Å². The summed E-state index contributed by atoms with van der Waals surface area (Å²) in [6, 6.07) is 0. The normalized spacial score (nSPS) is 12.6. The molecule has 0 aromatic rings. The van der Waals surface area contributed by atoms with Gasteiger partial charge in [-0.3, -0.25) is 0 Å². The summed E-state index contributed by atoms with van der Waals surface area (Å²) in [5.41, 5.74) is 0. The monoisotopic (exact) mass is 225 g/mol. The van der Waals surface area contributed by atoms with Gasteiger partial charge in [-0.25, -0.2) is 0 Å². The maximum absolute atomic E-state index is 11.1. The molecule has 0 aliphatic rings. The van der Waals surface area contributed by atoms with E-state index in [1.165, 1.54) is 0 Å². The van der Waals surface area contributed by atoms with Crippen LogP contribution < -0.4 is 21.2 Å². The zero-order valence-electron chi connectivity index (χ0n) is 3.72. The van der Waals surface area contributed by atoms with Crippen molar-refractivity contribution >= 4 is 0 Å². The van der Waals surface area contributed by atoms with Gasteiger partial charge in [-0.2, -0.15) is 0 Å². The van der Waals surface area contributed by atoms with Crippen molar-refractivity contribution in [2.45, 2.75) is 11.1 Å². The molecule has 0 aliphatic heterocycles. The second-order valence-electron chi connectivity index (χ2n) is 0.829. The van der Waals surface area contributed by atoms with Crippen molar-refractivity contribution in [3.63, 3.8) is 0 Å². The first-order valence-corrected chi connectivity index (χ1v) is 4.33. The number of halogens is 4. The molecule has 0 nitrogen and oxygen atoms in total. The van der Waals surface area contributed by atoms with Gasteiger partial charge in [0.1, 0.15) is 0 Å². The van der Waals surface area contributed by atoms with E-state index in [9.17, 15) is 13.2 Å². The molecule has 0 atom stereocenters. The fourth-order valence-corrected chi connectivity index (χ4v) is 1.02. The minimum absolute atomic E-state index is 0.294. The summed E-state index contributed by atoms with van der Waals surface area (Å²) in [6.45, 7) is 1.56. The second kappa shape index (κ2) is 2.74. The number of hydrogen-bond acceptors (Lipinski definition) is 0. The van der Waals surface area contributed by atoms with Crippen LogP contribution in [0.1, 0.15) is 6.92 Å². The number of alkyl halides is 5. The SMILES string of the molecule is CC[I-]C(F)(F)F. The van der Waals surface area contributed by atoms with E-state index in [4.69, 9.17) is 0 Å². The molecule has 4 heteroatoms. The summed E-state index contributed by atoms with van der Waals surface area (Å²) >= 11 is -1.52. The Labute approximate surface area is 50.4 Å². The Morgan fingerprint density at radius 2 is 1.86 bits per heavy atom. The Bertz CT molecular complexity index is 48.6. The minimum atomic E-state index is -3.84. The van der Waals surface area contributed by atoms with Gasteiger partial charge in [0.05, 0.1) is 0 Å². The van der Waals surface area contributed by atoms with Crippen LogP contribution >= 0.6 is 0 Å². The molecule has 0 aliphatic carbocycles. The van der Waals surface area contributed by atoms with Crippen molar-refractivity contribution in [3.05, 3.63) is 0 Å². The van der Waals surface area contributed by atoms with Crippen LogP contribution in [0.5, 0.6) is 0 Å². The topological polar surface area (TPSA) is 0 Å². The molecule has 7 heavy (non-hydrogen) atoms. The molecule has 0 saturated carbocycles. The van der Waals surface area contributed by atoms with E-state index in [2.05, 4.69) is 0 Å². The third-order valence-corrected chi connectivity index (χ3v) is 1.91. The van der Waals surface area contributed by atoms with Crippen molar-refractivity contribution < 1.29 is 34.4 Å². The first-order chi connectivity index (χ1) is 3.06. The summed E-state index contributed by atoms with van der Waals surface area (Å²) in [5, 5.41) is 0. The molecule has 0 amide bonds. The average Bonchev–Trinajstić information content (AvgIpc) is 1.30. The number of hydrogen-bond donors (Lipinski definition) is 0. The van der Waals surface area contributed by atoms with E-state index < -0.39 is 25.4 Å². The second-order valence-corrected chi connectivity index (χ2v) is 4.34. The van der Waals surface area contributed by atoms with Crippen LogP contribution in [0.3, 0.4) is 0 Å². The first kappa shape index (κ1) is 7.52. The van der Waals surface area contributed by atoms with Crippen LogP contribution in [0.4, 0.5) is 13.2 Å². The van der Waals surface area contributed by atoms with Crippen LogP contribution in [0, 0.1) is 0 Å². The van der Waals surface area contributed by atoms with Crippen molar-refractivity contribution in [1.29, 1.82) is 0 Å². The molecule has 0 rings (SSSR count). The molecular weight excluding hydrogens is 220 g/mol. The first-order valence-electron chi connectivity index (χ1n) is 1.73. The summed E-state index contributed by atoms with van der Waals surface area (Å²) in [7, 11) is 0. The Kier molecular flexibility index (Phi) is 2.94. The van der Waals surface area contributed by atoms with Gasteiger partial charge < -0.3 is 0 Å². The van der Waals surface area contributed by atoms with Gasteiger partial charge in [-0.1, -0.05) is 0 Å². The standard InChI is InChI=1S/C3H5F3I/c1-2-7-3(4,5)6/h2H2,1H3/q-1. The Hall–Kier alpha value is 0.520. The summed E-state index contributed by atoms with van der Waals surface area (Å²) in [5.74, 6) is 0. The molecule has 0 fully saturated rings. The van der Waals surface area contributed by atoms with E-state index in [1.807, 2.05) is 0 Å². The van der Waals surface area contributed by atoms with Gasteiger partial charge in [0.15, 0.2) is 0 Å². The van der Waals surface area contributed by atoms with Gasteiger partial charge >= 0.3 is 49.9 Å². The molecular formula is C3H5F3I-. The van der Waals surface area contributed by atoms with E-state index >= 15 is 0 Å². The van der Waals surface area contributed by atoms with E-state index in [-0.39, 0.29) is 0 Å². The molecule has 0 radical (unpaired) electrons. The summed E-state index contributed by atoms with van der Waals surface area (Å²) in [4.78, 5) is 0. The zero-order chi connectivity index (χ0) is 5.91. The Morgan fingerprint density at radius 3 is 1.86 bits per heavy atom. The van der Waals surface area contributed by atoms with Crippen molar-refractivity contribution in [2.75, 3.05) is 4.43 Å². The summed E-state index contributed by atoms with van der Waals surface area (Å²) in [6.07, 6.45) is 0. The van der Waals surface area contributed by atoms with Crippen LogP contribution in [-0.4, -0.2) is 8.61 Å². The van der Waals surface area contributed by atoms with E-state index in [0.717, 1.165) is 0 Å². The van der Waals surface area contributed by atoms with E-state index in [1.54, 1.807) is 6.92 Å². The third kappa shape index (κ3) is 6.52. The predicted octanol–water partition coefficient (Wildman–Crippen LogP) is -1.38. The van der Waals surface area contributed by atoms with Crippen LogP contribution in [-0.2, 0) is 0 Å². The van der Waals surface area contributed by atoms with Crippen molar-refractivity contribution in [3.8, 4) is 0 Å². The molecule has 46 valence electrons. The zero-order valence-corrected chi connectivity index (χ0v) is 5.88. The fraction of sp³-hybridized carbons (Fsp3) is 1.00. The van der Waals surface area contributed by atoms with Gasteiger partial charge in [-0.05, 0) is 0 Å². The maximum atomic E-state index is 11.1. The molecule has 0 N–H and O–H groups in total. The van der Waals surface area contributed by atoms with Crippen molar-refractivity contribution in [2.24, 2.45) is 0 Å². The average molecular weight is 225 g/mol. The molecule has 0 aromatic carbocycles. The van der Waals surface area contributed by atoms with Gasteiger partial charge in [0.2, 0.25) is 0 Å². The molecule has 0 unspecified atom stereocenters. The van der Waals surface area contributed by atoms with Gasteiger partial charge in [0, 0.05) is 0 Å². The molecule has 0 heterocycles. The fourth-order valence-electron chi connectivity index (χ4n) is 0.152. The predicted molar refractivity (Wildman–Crippen MR) is 16.6 cm³/mol. The molecule has 0 spiro atoms. The van der Waals surface area contributed by atoms with Crippen LogP contribution in [0.2, 0.25) is 0 Å².